The van der Waals surface area contributed by atoms with Crippen LogP contribution in [0.2, 0.25) is 0 Å². The summed E-state index contributed by atoms with van der Waals surface area (Å²) >= 11 is 0.765. The van der Waals surface area contributed by atoms with Crippen molar-refractivity contribution < 1.29 is 22.7 Å². The summed E-state index contributed by atoms with van der Waals surface area (Å²) in [5.74, 6) is -0.268. The number of aromatic nitrogens is 1. The molecule has 0 saturated carbocycles. The molecule has 0 aliphatic heterocycles. The molecule has 0 atom stereocenters. The van der Waals surface area contributed by atoms with Crippen molar-refractivity contribution >= 4 is 23.4 Å². The number of nitrogens with one attached hydrogen (secondary N) is 1. The lowest BCUT2D eigenvalue weighted by molar-refractivity contribution is -0.138. The average Bonchev–Trinajstić information content (AvgIpc) is 2.77. The van der Waals surface area contributed by atoms with Crippen LogP contribution in [0.3, 0.4) is 0 Å². The first kappa shape index (κ1) is 22.2. The van der Waals surface area contributed by atoms with Crippen LogP contribution >= 0.6 is 11.8 Å². The Balaban J connectivity index is 1.91. The summed E-state index contributed by atoms with van der Waals surface area (Å²) in [5, 5.41) is 11.9. The Kier molecular flexibility index (Phi) is 6.82. The van der Waals surface area contributed by atoms with Gasteiger partial charge in [0.25, 0.3) is 0 Å². The van der Waals surface area contributed by atoms with Crippen LogP contribution < -0.4 is 10.1 Å². The van der Waals surface area contributed by atoms with Crippen molar-refractivity contribution in [2.45, 2.75) is 11.2 Å². The highest BCUT2D eigenvalue weighted by Crippen LogP contribution is 2.38. The SMILES string of the molecule is COc1ccccc1NC(=O)CSc1nc(-c2ccccc2)cc(C(F)(F)F)c1C#N. The third-order valence-electron chi connectivity index (χ3n) is 4.19. The van der Waals surface area contributed by atoms with Gasteiger partial charge in [0.1, 0.15) is 16.8 Å². The molecule has 0 aliphatic carbocycles. The molecule has 1 heterocycles. The van der Waals surface area contributed by atoms with Gasteiger partial charge in [0.2, 0.25) is 5.91 Å². The van der Waals surface area contributed by atoms with Crippen LogP contribution in [-0.2, 0) is 11.0 Å². The number of para-hydroxylation sites is 2. The van der Waals surface area contributed by atoms with E-state index in [2.05, 4.69) is 10.3 Å². The molecule has 0 saturated heterocycles. The van der Waals surface area contributed by atoms with Gasteiger partial charge in [0.05, 0.1) is 35.4 Å². The van der Waals surface area contributed by atoms with E-state index < -0.39 is 23.2 Å². The zero-order chi connectivity index (χ0) is 22.4. The Hall–Kier alpha value is -3.51. The van der Waals surface area contributed by atoms with Gasteiger partial charge >= 0.3 is 6.18 Å². The monoisotopic (exact) mass is 443 g/mol. The molecule has 5 nitrogen and oxygen atoms in total. The Morgan fingerprint density at radius 1 is 1.16 bits per heavy atom. The number of carbonyl (C=O) groups excluding carboxylic acids is 1. The van der Waals surface area contributed by atoms with Gasteiger partial charge in [-0.3, -0.25) is 4.79 Å². The Morgan fingerprint density at radius 3 is 2.48 bits per heavy atom. The van der Waals surface area contributed by atoms with Gasteiger partial charge in [-0.1, -0.05) is 54.2 Å². The number of methoxy groups -OCH3 is 1. The molecule has 3 rings (SSSR count). The van der Waals surface area contributed by atoms with Crippen molar-refractivity contribution in [3.63, 3.8) is 0 Å². The number of nitriles is 1. The summed E-state index contributed by atoms with van der Waals surface area (Å²) in [7, 11) is 1.45. The van der Waals surface area contributed by atoms with E-state index in [4.69, 9.17) is 4.74 Å². The van der Waals surface area contributed by atoms with Crippen molar-refractivity contribution in [2.75, 3.05) is 18.2 Å². The second-order valence-electron chi connectivity index (χ2n) is 6.25. The van der Waals surface area contributed by atoms with Gasteiger partial charge in [-0.2, -0.15) is 18.4 Å². The first-order valence-electron chi connectivity index (χ1n) is 8.97. The van der Waals surface area contributed by atoms with E-state index in [1.54, 1.807) is 60.7 Å². The predicted octanol–water partition coefficient (Wildman–Crippen LogP) is 5.38. The van der Waals surface area contributed by atoms with Crippen LogP contribution in [0.1, 0.15) is 11.1 Å². The number of ether oxygens (including phenoxy) is 1. The van der Waals surface area contributed by atoms with Gasteiger partial charge in [0, 0.05) is 5.56 Å². The van der Waals surface area contributed by atoms with E-state index in [0.717, 1.165) is 17.8 Å². The molecule has 0 spiro atoms. The number of hydrogen-bond acceptors (Lipinski definition) is 5. The van der Waals surface area contributed by atoms with Gasteiger partial charge < -0.3 is 10.1 Å². The van der Waals surface area contributed by atoms with E-state index in [1.807, 2.05) is 0 Å². The van der Waals surface area contributed by atoms with Crippen LogP contribution in [-0.4, -0.2) is 23.8 Å². The van der Waals surface area contributed by atoms with Crippen molar-refractivity contribution in [2.24, 2.45) is 0 Å². The van der Waals surface area contributed by atoms with E-state index in [0.29, 0.717) is 17.0 Å². The second-order valence-corrected chi connectivity index (χ2v) is 7.21. The number of amides is 1. The summed E-state index contributed by atoms with van der Waals surface area (Å²) in [6.07, 6.45) is -4.74. The number of rotatable bonds is 6. The molecule has 0 radical (unpaired) electrons. The minimum absolute atomic E-state index is 0.0690. The number of thioether (sulfide) groups is 1. The fourth-order valence-electron chi connectivity index (χ4n) is 2.78. The number of carbonyl (C=O) groups is 1. The summed E-state index contributed by atoms with van der Waals surface area (Å²) in [5.41, 5.74) is -0.728. The molecule has 9 heteroatoms. The molecule has 0 aliphatic rings. The van der Waals surface area contributed by atoms with Gasteiger partial charge in [-0.25, -0.2) is 4.98 Å². The number of pyridine rings is 1. The Morgan fingerprint density at radius 2 is 1.84 bits per heavy atom. The van der Waals surface area contributed by atoms with Gasteiger partial charge in [-0.05, 0) is 18.2 Å². The molecule has 2 aromatic carbocycles. The van der Waals surface area contributed by atoms with Crippen molar-refractivity contribution in [1.82, 2.24) is 4.98 Å². The number of nitrogens with zero attached hydrogens (tertiary/aromatic N) is 2. The Labute approximate surface area is 180 Å². The molecule has 0 unspecified atom stereocenters. The number of benzene rings is 2. The maximum Gasteiger partial charge on any atom is 0.417 e. The molecule has 1 amide bonds. The van der Waals surface area contributed by atoms with Crippen molar-refractivity contribution in [3.05, 3.63) is 71.8 Å². The number of hydrogen-bond donors (Lipinski definition) is 1. The predicted molar refractivity (Wildman–Crippen MR) is 112 cm³/mol. The maximum atomic E-state index is 13.6. The molecule has 1 aromatic heterocycles. The number of halogens is 3. The summed E-state index contributed by atoms with van der Waals surface area (Å²) < 4.78 is 46.0. The minimum Gasteiger partial charge on any atom is -0.495 e. The minimum atomic E-state index is -4.74. The molecule has 31 heavy (non-hydrogen) atoms. The summed E-state index contributed by atoms with van der Waals surface area (Å²) in [4.78, 5) is 16.6. The lowest BCUT2D eigenvalue weighted by atomic mass is 10.1. The van der Waals surface area contributed by atoms with Crippen LogP contribution in [0.5, 0.6) is 5.75 Å². The lowest BCUT2D eigenvalue weighted by Crippen LogP contribution is -2.15. The molecule has 0 bridgehead atoms. The topological polar surface area (TPSA) is 75.0 Å². The summed E-state index contributed by atoms with van der Waals surface area (Å²) in [6.45, 7) is 0. The molecule has 1 N–H and O–H groups in total. The zero-order valence-electron chi connectivity index (χ0n) is 16.2. The normalized spacial score (nSPS) is 10.9. The highest BCUT2D eigenvalue weighted by atomic mass is 32.2. The van der Waals surface area contributed by atoms with Gasteiger partial charge in [0.15, 0.2) is 0 Å². The zero-order valence-corrected chi connectivity index (χ0v) is 17.1. The number of anilines is 1. The summed E-state index contributed by atoms with van der Waals surface area (Å²) in [6, 6.07) is 17.5. The Bertz CT molecular complexity index is 1130. The van der Waals surface area contributed by atoms with Crippen molar-refractivity contribution in [3.8, 4) is 23.1 Å². The second kappa shape index (κ2) is 9.53. The smallest absolute Gasteiger partial charge is 0.417 e. The number of alkyl halides is 3. The third-order valence-corrected chi connectivity index (χ3v) is 5.17. The quantitative estimate of drug-likeness (QED) is 0.518. The third kappa shape index (κ3) is 5.35. The standard InChI is InChI=1S/C22H16F3N3O2S/c1-30-19-10-6-5-9-17(19)27-20(29)13-31-21-15(12-26)16(22(23,24)25)11-18(28-21)14-7-3-2-4-8-14/h2-11H,13H2,1H3,(H,27,29). The van der Waals surface area contributed by atoms with E-state index >= 15 is 0 Å². The fraction of sp³-hybridized carbons (Fsp3) is 0.136. The van der Waals surface area contributed by atoms with Crippen molar-refractivity contribution in [1.29, 1.82) is 5.26 Å². The fourth-order valence-corrected chi connectivity index (χ4v) is 3.59. The van der Waals surface area contributed by atoms with Crippen LogP contribution in [0, 0.1) is 11.3 Å². The molecule has 3 aromatic rings. The van der Waals surface area contributed by atoms with Gasteiger partial charge in [-0.15, -0.1) is 0 Å². The van der Waals surface area contributed by atoms with Crippen LogP contribution in [0.25, 0.3) is 11.3 Å². The highest BCUT2D eigenvalue weighted by molar-refractivity contribution is 8.00. The molecule has 0 fully saturated rings. The first-order valence-corrected chi connectivity index (χ1v) is 9.95. The van der Waals surface area contributed by atoms with E-state index in [-0.39, 0.29) is 16.5 Å². The van der Waals surface area contributed by atoms with Crippen LogP contribution in [0.15, 0.2) is 65.7 Å². The van der Waals surface area contributed by atoms with E-state index in [1.165, 1.54) is 7.11 Å². The first-order chi connectivity index (χ1) is 14.8. The maximum absolute atomic E-state index is 13.6. The van der Waals surface area contributed by atoms with Crippen LogP contribution in [0.4, 0.5) is 18.9 Å². The highest BCUT2D eigenvalue weighted by Gasteiger charge is 2.36. The average molecular weight is 443 g/mol. The van der Waals surface area contributed by atoms with E-state index in [9.17, 15) is 23.2 Å². The molecular formula is C22H16F3N3O2S. The lowest BCUT2D eigenvalue weighted by Gasteiger charge is -2.14. The molecular weight excluding hydrogens is 427 g/mol. The largest absolute Gasteiger partial charge is 0.495 e. The molecule has 158 valence electrons.